The number of benzene rings is 6. The number of rotatable bonds is 4. The minimum atomic E-state index is 0.610. The minimum absolute atomic E-state index is 0.610. The van der Waals surface area contributed by atoms with Gasteiger partial charge in [-0.25, -0.2) is 15.0 Å². The van der Waals surface area contributed by atoms with Gasteiger partial charge in [0.1, 0.15) is 11.2 Å². The van der Waals surface area contributed by atoms with E-state index < -0.39 is 0 Å². The number of fused-ring (bicyclic) bond motifs is 4. The molecule has 0 amide bonds. The first-order valence-corrected chi connectivity index (χ1v) is 13.6. The lowest BCUT2D eigenvalue weighted by Gasteiger charge is -2.11. The first kappa shape index (κ1) is 23.3. The number of hydrogen-bond donors (Lipinski definition) is 0. The van der Waals surface area contributed by atoms with Gasteiger partial charge < -0.3 is 4.42 Å². The first-order chi connectivity index (χ1) is 20.3. The van der Waals surface area contributed by atoms with Crippen molar-refractivity contribution >= 4 is 32.7 Å². The second-order valence-electron chi connectivity index (χ2n) is 10.1. The Labute approximate surface area is 236 Å². The fourth-order valence-corrected chi connectivity index (χ4v) is 5.53. The lowest BCUT2D eigenvalue weighted by atomic mass is 9.96. The molecular weight excluding hydrogens is 502 g/mol. The summed E-state index contributed by atoms with van der Waals surface area (Å²) >= 11 is 0. The van der Waals surface area contributed by atoms with Crippen LogP contribution >= 0.6 is 0 Å². The van der Waals surface area contributed by atoms with Gasteiger partial charge in [0.05, 0.1) is 0 Å². The summed E-state index contributed by atoms with van der Waals surface area (Å²) in [5.74, 6) is 1.88. The Morgan fingerprint density at radius 1 is 0.415 bits per heavy atom. The Hall–Kier alpha value is -5.61. The normalized spacial score (nSPS) is 11.4. The molecule has 6 aromatic carbocycles. The molecule has 192 valence electrons. The van der Waals surface area contributed by atoms with Gasteiger partial charge in [0.2, 0.25) is 0 Å². The van der Waals surface area contributed by atoms with Crippen LogP contribution in [-0.2, 0) is 0 Å². The van der Waals surface area contributed by atoms with E-state index in [1.807, 2.05) is 78.9 Å². The molecule has 0 bridgehead atoms. The monoisotopic (exact) mass is 525 g/mol. The van der Waals surface area contributed by atoms with Gasteiger partial charge >= 0.3 is 0 Å². The van der Waals surface area contributed by atoms with Crippen molar-refractivity contribution in [2.75, 3.05) is 0 Å². The highest BCUT2D eigenvalue weighted by Gasteiger charge is 2.20. The second kappa shape index (κ2) is 9.54. The Morgan fingerprint density at radius 3 is 1.73 bits per heavy atom. The summed E-state index contributed by atoms with van der Waals surface area (Å²) in [6.07, 6.45) is 0. The molecule has 0 saturated heterocycles. The average molecular weight is 526 g/mol. The van der Waals surface area contributed by atoms with E-state index in [2.05, 4.69) is 60.7 Å². The fourth-order valence-electron chi connectivity index (χ4n) is 5.53. The third-order valence-corrected chi connectivity index (χ3v) is 7.53. The number of furan rings is 1. The Morgan fingerprint density at radius 2 is 1.00 bits per heavy atom. The van der Waals surface area contributed by atoms with Gasteiger partial charge in [-0.2, -0.15) is 0 Å². The van der Waals surface area contributed by atoms with Crippen LogP contribution in [0.2, 0.25) is 0 Å². The van der Waals surface area contributed by atoms with Gasteiger partial charge in [-0.3, -0.25) is 0 Å². The summed E-state index contributed by atoms with van der Waals surface area (Å²) in [5, 5.41) is 4.43. The third kappa shape index (κ3) is 4.05. The van der Waals surface area contributed by atoms with E-state index in [-0.39, 0.29) is 0 Å². The van der Waals surface area contributed by atoms with Crippen molar-refractivity contribution in [1.82, 2.24) is 15.0 Å². The van der Waals surface area contributed by atoms with Crippen LogP contribution in [0.25, 0.3) is 78.0 Å². The molecule has 0 N–H and O–H groups in total. The maximum atomic E-state index is 6.57. The molecule has 0 saturated carbocycles. The fraction of sp³-hybridized carbons (Fsp3) is 0. The zero-order valence-corrected chi connectivity index (χ0v) is 22.0. The SMILES string of the molecule is c1ccc(-c2nc(-c3ccccc3)nc(-c3ccc(-c4ccc5ccccc5c4)c4oc5ccccc5c34)n2)cc1. The molecule has 8 aromatic rings. The molecule has 8 rings (SSSR count). The second-order valence-corrected chi connectivity index (χ2v) is 10.1. The van der Waals surface area contributed by atoms with E-state index >= 15 is 0 Å². The summed E-state index contributed by atoms with van der Waals surface area (Å²) in [5.41, 5.74) is 6.57. The minimum Gasteiger partial charge on any atom is -0.455 e. The summed E-state index contributed by atoms with van der Waals surface area (Å²) in [4.78, 5) is 14.9. The van der Waals surface area contributed by atoms with Gasteiger partial charge in [0, 0.05) is 33.0 Å². The molecule has 4 heteroatoms. The van der Waals surface area contributed by atoms with Crippen molar-refractivity contribution in [2.45, 2.75) is 0 Å². The molecule has 2 aromatic heterocycles. The summed E-state index contributed by atoms with van der Waals surface area (Å²) in [6, 6.07) is 47.5. The van der Waals surface area contributed by atoms with Crippen LogP contribution in [0.15, 0.2) is 144 Å². The molecule has 2 heterocycles. The molecule has 0 fully saturated rings. The van der Waals surface area contributed by atoms with Crippen LogP contribution in [0.4, 0.5) is 0 Å². The molecule has 0 aliphatic heterocycles. The van der Waals surface area contributed by atoms with Gasteiger partial charge in [-0.1, -0.05) is 115 Å². The van der Waals surface area contributed by atoms with Crippen molar-refractivity contribution in [1.29, 1.82) is 0 Å². The van der Waals surface area contributed by atoms with Crippen LogP contribution in [-0.4, -0.2) is 15.0 Å². The first-order valence-electron chi connectivity index (χ1n) is 13.6. The van der Waals surface area contributed by atoms with Crippen molar-refractivity contribution in [3.8, 4) is 45.3 Å². The maximum absolute atomic E-state index is 6.57. The molecule has 41 heavy (non-hydrogen) atoms. The number of para-hydroxylation sites is 1. The van der Waals surface area contributed by atoms with Crippen molar-refractivity contribution in [3.05, 3.63) is 140 Å². The summed E-state index contributed by atoms with van der Waals surface area (Å²) < 4.78 is 6.57. The Bertz CT molecular complexity index is 2140. The average Bonchev–Trinajstić information content (AvgIpc) is 3.44. The van der Waals surface area contributed by atoms with Crippen molar-refractivity contribution < 1.29 is 4.42 Å². The smallest absolute Gasteiger partial charge is 0.164 e. The molecule has 4 nitrogen and oxygen atoms in total. The predicted molar refractivity (Wildman–Crippen MR) is 166 cm³/mol. The lowest BCUT2D eigenvalue weighted by Crippen LogP contribution is -2.00. The third-order valence-electron chi connectivity index (χ3n) is 7.53. The highest BCUT2D eigenvalue weighted by Crippen LogP contribution is 2.42. The zero-order chi connectivity index (χ0) is 27.2. The molecule has 0 radical (unpaired) electrons. The maximum Gasteiger partial charge on any atom is 0.164 e. The van der Waals surface area contributed by atoms with Crippen LogP contribution in [0.3, 0.4) is 0 Å². The molecule has 0 unspecified atom stereocenters. The summed E-state index contributed by atoms with van der Waals surface area (Å²) in [7, 11) is 0. The van der Waals surface area contributed by atoms with Gasteiger partial charge in [0.25, 0.3) is 0 Å². The van der Waals surface area contributed by atoms with Crippen LogP contribution in [0.5, 0.6) is 0 Å². The van der Waals surface area contributed by atoms with Crippen LogP contribution in [0.1, 0.15) is 0 Å². The van der Waals surface area contributed by atoms with E-state index in [1.165, 1.54) is 10.8 Å². The number of nitrogens with zero attached hydrogens (tertiary/aromatic N) is 3. The van der Waals surface area contributed by atoms with Crippen LogP contribution in [0, 0.1) is 0 Å². The molecule has 0 atom stereocenters. The highest BCUT2D eigenvalue weighted by atomic mass is 16.3. The van der Waals surface area contributed by atoms with Crippen molar-refractivity contribution in [2.24, 2.45) is 0 Å². The molecule has 0 aliphatic rings. The lowest BCUT2D eigenvalue weighted by molar-refractivity contribution is 0.670. The number of hydrogen-bond acceptors (Lipinski definition) is 4. The van der Waals surface area contributed by atoms with E-state index in [4.69, 9.17) is 19.4 Å². The Balaban J connectivity index is 1.41. The van der Waals surface area contributed by atoms with E-state index in [0.717, 1.165) is 49.8 Å². The Kier molecular flexibility index (Phi) is 5.42. The molecule has 0 aliphatic carbocycles. The van der Waals surface area contributed by atoms with E-state index in [1.54, 1.807) is 0 Å². The van der Waals surface area contributed by atoms with Gasteiger partial charge in [0.15, 0.2) is 17.5 Å². The topological polar surface area (TPSA) is 51.8 Å². The van der Waals surface area contributed by atoms with E-state index in [0.29, 0.717) is 17.5 Å². The van der Waals surface area contributed by atoms with Crippen LogP contribution < -0.4 is 0 Å². The zero-order valence-electron chi connectivity index (χ0n) is 22.0. The standard InChI is InChI=1S/C37H23N3O/c1-3-12-25(13-4-1)35-38-36(26-14-5-2-6-15-26)40-37(39-35)31-22-21-29(28-20-19-24-11-7-8-16-27(24)23-28)34-33(31)30-17-9-10-18-32(30)41-34/h1-23H. The van der Waals surface area contributed by atoms with E-state index in [9.17, 15) is 0 Å². The largest absolute Gasteiger partial charge is 0.455 e. The quantitative estimate of drug-likeness (QED) is 0.230. The van der Waals surface area contributed by atoms with Gasteiger partial charge in [-0.15, -0.1) is 0 Å². The van der Waals surface area contributed by atoms with Gasteiger partial charge in [-0.05, 0) is 40.6 Å². The highest BCUT2D eigenvalue weighted by molar-refractivity contribution is 6.16. The molecular formula is C37H23N3O. The predicted octanol–water partition coefficient (Wildman–Crippen LogP) is 9.59. The molecule has 0 spiro atoms. The summed E-state index contributed by atoms with van der Waals surface area (Å²) in [6.45, 7) is 0. The number of aromatic nitrogens is 3. The van der Waals surface area contributed by atoms with Crippen molar-refractivity contribution in [3.63, 3.8) is 0 Å².